The maximum Gasteiger partial charge on any atom is 0.254 e. The van der Waals surface area contributed by atoms with Gasteiger partial charge in [0.1, 0.15) is 5.75 Å². The van der Waals surface area contributed by atoms with Crippen LogP contribution in [-0.2, 0) is 17.8 Å². The molecule has 1 N–H and O–H groups in total. The molecule has 2 rings (SSSR count). The minimum Gasteiger partial charge on any atom is -0.496 e. The van der Waals surface area contributed by atoms with Crippen LogP contribution < -0.4 is 15.6 Å². The van der Waals surface area contributed by atoms with Gasteiger partial charge in [-0.15, -0.1) is 0 Å². The molecule has 0 unspecified atom stereocenters. The van der Waals surface area contributed by atoms with E-state index in [2.05, 4.69) is 5.32 Å². The largest absolute Gasteiger partial charge is 0.496 e. The normalized spacial score (nSPS) is 10.5. The molecule has 1 heterocycles. The van der Waals surface area contributed by atoms with Crippen molar-refractivity contribution in [3.8, 4) is 5.75 Å². The summed E-state index contributed by atoms with van der Waals surface area (Å²) in [5, 5.41) is 2.87. The Morgan fingerprint density at radius 3 is 2.62 bits per heavy atom. The van der Waals surface area contributed by atoms with Gasteiger partial charge in [-0.3, -0.25) is 9.59 Å². The molecule has 0 spiro atoms. The molecule has 0 fully saturated rings. The fraction of sp³-hybridized carbons (Fsp3) is 0.368. The van der Waals surface area contributed by atoms with Gasteiger partial charge in [-0.25, -0.2) is 0 Å². The maximum atomic E-state index is 12.0. The molecule has 2 aromatic rings. The topological polar surface area (TPSA) is 60.3 Å². The molecule has 0 atom stereocenters. The minimum absolute atomic E-state index is 0.00235. The minimum atomic E-state index is -0.124. The predicted molar refractivity (Wildman–Crippen MR) is 94.5 cm³/mol. The van der Waals surface area contributed by atoms with Crippen molar-refractivity contribution < 1.29 is 9.53 Å². The number of hydrogen-bond donors (Lipinski definition) is 1. The van der Waals surface area contributed by atoms with Crippen molar-refractivity contribution in [2.24, 2.45) is 0 Å². The molecule has 1 aromatic heterocycles. The third-order valence-corrected chi connectivity index (χ3v) is 4.08. The van der Waals surface area contributed by atoms with Crippen molar-refractivity contribution in [2.75, 3.05) is 13.7 Å². The summed E-state index contributed by atoms with van der Waals surface area (Å²) in [5.74, 6) is 0.550. The standard InChI is InChI=1S/C19H24N2O3/c1-14-6-4-5-7-16(14)8-9-18(22)20-10-11-21-15(2)12-17(24-3)13-19(21)23/h4-7,12-13H,8-11H2,1-3H3,(H,20,22). The summed E-state index contributed by atoms with van der Waals surface area (Å²) < 4.78 is 6.70. The molecule has 5 nitrogen and oxygen atoms in total. The number of methoxy groups -OCH3 is 1. The number of hydrogen-bond acceptors (Lipinski definition) is 3. The molecule has 5 heteroatoms. The van der Waals surface area contributed by atoms with Crippen molar-refractivity contribution in [1.82, 2.24) is 9.88 Å². The first kappa shape index (κ1) is 17.8. The zero-order valence-electron chi connectivity index (χ0n) is 14.5. The number of nitrogens with one attached hydrogen (secondary N) is 1. The fourth-order valence-corrected chi connectivity index (χ4v) is 2.64. The first-order valence-electron chi connectivity index (χ1n) is 8.08. The van der Waals surface area contributed by atoms with Crippen molar-refractivity contribution in [1.29, 1.82) is 0 Å². The highest BCUT2D eigenvalue weighted by Crippen LogP contribution is 2.10. The number of amides is 1. The number of carbonyl (C=O) groups excluding carboxylic acids is 1. The van der Waals surface area contributed by atoms with Crippen LogP contribution in [0.5, 0.6) is 5.75 Å². The third kappa shape index (κ3) is 4.72. The van der Waals surface area contributed by atoms with E-state index >= 15 is 0 Å². The highest BCUT2D eigenvalue weighted by Gasteiger charge is 2.06. The Kier molecular flexibility index (Phi) is 6.18. The highest BCUT2D eigenvalue weighted by atomic mass is 16.5. The van der Waals surface area contributed by atoms with Gasteiger partial charge in [-0.2, -0.15) is 0 Å². The van der Waals surface area contributed by atoms with E-state index in [1.54, 1.807) is 10.6 Å². The van der Waals surface area contributed by atoms with E-state index in [9.17, 15) is 9.59 Å². The van der Waals surface area contributed by atoms with Crippen LogP contribution in [0.15, 0.2) is 41.2 Å². The zero-order valence-corrected chi connectivity index (χ0v) is 14.5. The van der Waals surface area contributed by atoms with Crippen LogP contribution in [0.1, 0.15) is 23.2 Å². The van der Waals surface area contributed by atoms with Crippen LogP contribution in [0.3, 0.4) is 0 Å². The number of ether oxygens (including phenoxy) is 1. The molecular weight excluding hydrogens is 304 g/mol. The molecule has 128 valence electrons. The van der Waals surface area contributed by atoms with E-state index in [0.29, 0.717) is 25.3 Å². The quantitative estimate of drug-likeness (QED) is 0.848. The Morgan fingerprint density at radius 1 is 1.21 bits per heavy atom. The molecule has 1 aromatic carbocycles. The Morgan fingerprint density at radius 2 is 1.96 bits per heavy atom. The van der Waals surface area contributed by atoms with Gasteiger partial charge in [0.2, 0.25) is 5.91 Å². The molecule has 0 aliphatic heterocycles. The molecule has 0 saturated heterocycles. The molecule has 0 bridgehead atoms. The summed E-state index contributed by atoms with van der Waals surface area (Å²) in [6, 6.07) is 11.3. The van der Waals surface area contributed by atoms with Gasteiger partial charge in [0.15, 0.2) is 0 Å². The number of aromatic nitrogens is 1. The van der Waals surface area contributed by atoms with Crippen LogP contribution in [0.25, 0.3) is 0 Å². The molecule has 1 amide bonds. The first-order chi connectivity index (χ1) is 11.5. The molecule has 0 radical (unpaired) electrons. The lowest BCUT2D eigenvalue weighted by Gasteiger charge is -2.12. The van der Waals surface area contributed by atoms with Gasteiger partial charge in [-0.05, 0) is 37.5 Å². The average molecular weight is 328 g/mol. The van der Waals surface area contributed by atoms with Crippen LogP contribution in [0, 0.1) is 13.8 Å². The van der Waals surface area contributed by atoms with Crippen LogP contribution >= 0.6 is 0 Å². The Labute approximate surface area is 142 Å². The lowest BCUT2D eigenvalue weighted by atomic mass is 10.0. The first-order valence-corrected chi connectivity index (χ1v) is 8.08. The fourth-order valence-electron chi connectivity index (χ4n) is 2.64. The number of carbonyl (C=O) groups is 1. The highest BCUT2D eigenvalue weighted by molar-refractivity contribution is 5.76. The monoisotopic (exact) mass is 328 g/mol. The van der Waals surface area contributed by atoms with Gasteiger partial charge in [0, 0.05) is 31.3 Å². The second kappa shape index (κ2) is 8.34. The predicted octanol–water partition coefficient (Wildman–Crippen LogP) is 2.22. The number of rotatable bonds is 7. The SMILES string of the molecule is COc1cc(C)n(CCNC(=O)CCc2ccccc2C)c(=O)c1. The number of pyridine rings is 1. The van der Waals surface area contributed by atoms with Crippen molar-refractivity contribution in [2.45, 2.75) is 33.2 Å². The van der Waals surface area contributed by atoms with Gasteiger partial charge in [0.25, 0.3) is 5.56 Å². The Bertz CT molecular complexity index is 765. The molecule has 0 aliphatic carbocycles. The van der Waals surface area contributed by atoms with Crippen molar-refractivity contribution in [3.63, 3.8) is 0 Å². The number of benzene rings is 1. The van der Waals surface area contributed by atoms with Crippen molar-refractivity contribution >= 4 is 5.91 Å². The third-order valence-electron chi connectivity index (χ3n) is 4.08. The second-order valence-corrected chi connectivity index (χ2v) is 5.80. The van der Waals surface area contributed by atoms with Crippen LogP contribution in [0.4, 0.5) is 0 Å². The van der Waals surface area contributed by atoms with E-state index in [4.69, 9.17) is 4.74 Å². The van der Waals surface area contributed by atoms with Crippen molar-refractivity contribution in [3.05, 3.63) is 63.6 Å². The molecule has 0 aliphatic rings. The molecular formula is C19H24N2O3. The van der Waals surface area contributed by atoms with Gasteiger partial charge >= 0.3 is 0 Å². The van der Waals surface area contributed by atoms with E-state index in [-0.39, 0.29) is 11.5 Å². The molecule has 0 saturated carbocycles. The van der Waals surface area contributed by atoms with Gasteiger partial charge < -0.3 is 14.6 Å². The average Bonchev–Trinajstić information content (AvgIpc) is 2.56. The van der Waals surface area contributed by atoms with E-state index in [1.807, 2.05) is 38.1 Å². The lowest BCUT2D eigenvalue weighted by Crippen LogP contribution is -2.31. The van der Waals surface area contributed by atoms with Gasteiger partial charge in [0.05, 0.1) is 7.11 Å². The Hall–Kier alpha value is -2.56. The van der Waals surface area contributed by atoms with E-state index < -0.39 is 0 Å². The summed E-state index contributed by atoms with van der Waals surface area (Å²) in [5.41, 5.74) is 3.08. The lowest BCUT2D eigenvalue weighted by molar-refractivity contribution is -0.121. The summed E-state index contributed by atoms with van der Waals surface area (Å²) in [7, 11) is 1.53. The van der Waals surface area contributed by atoms with E-state index in [0.717, 1.165) is 12.1 Å². The zero-order chi connectivity index (χ0) is 17.5. The second-order valence-electron chi connectivity index (χ2n) is 5.80. The summed E-state index contributed by atoms with van der Waals surface area (Å²) in [6.45, 7) is 4.78. The Balaban J connectivity index is 1.83. The summed E-state index contributed by atoms with van der Waals surface area (Å²) in [4.78, 5) is 24.0. The van der Waals surface area contributed by atoms with Crippen LogP contribution in [-0.4, -0.2) is 24.1 Å². The number of nitrogens with zero attached hydrogens (tertiary/aromatic N) is 1. The van der Waals surface area contributed by atoms with Gasteiger partial charge in [-0.1, -0.05) is 24.3 Å². The van der Waals surface area contributed by atoms with Crippen LogP contribution in [0.2, 0.25) is 0 Å². The van der Waals surface area contributed by atoms with E-state index in [1.165, 1.54) is 24.3 Å². The molecule has 24 heavy (non-hydrogen) atoms. The summed E-state index contributed by atoms with van der Waals surface area (Å²) >= 11 is 0. The smallest absolute Gasteiger partial charge is 0.254 e. The maximum absolute atomic E-state index is 12.0. The summed E-state index contributed by atoms with van der Waals surface area (Å²) in [6.07, 6.45) is 1.17. The number of aryl methyl sites for hydroxylation is 3.